The van der Waals surface area contributed by atoms with Gasteiger partial charge in [-0.25, -0.2) is 0 Å². The Morgan fingerprint density at radius 3 is 1.83 bits per heavy atom. The van der Waals surface area contributed by atoms with E-state index in [1.807, 2.05) is 78.9 Å². The Hall–Kier alpha value is -3.85. The minimum atomic E-state index is 0.0948. The van der Waals surface area contributed by atoms with Crippen LogP contribution in [0.1, 0.15) is 44.5 Å². The SMILES string of the molecule is C=C/C=C(\C=C/CC(=O)c1ccc(N(c2ccccc2)C(C)C)cc1)N(c1ccccc1)C(C)C. The minimum absolute atomic E-state index is 0.0948. The molecule has 0 bridgehead atoms. The molecule has 180 valence electrons. The molecule has 0 saturated heterocycles. The van der Waals surface area contributed by atoms with Crippen molar-refractivity contribution in [3.05, 3.63) is 127 Å². The molecule has 0 saturated carbocycles. The standard InChI is InChI=1S/C32H36N2O/c1-6-14-28(33(25(2)3)29-15-9-7-10-16-29)19-13-20-32(35)27-21-23-31(24-22-27)34(26(4)5)30-17-11-8-12-18-30/h6-19,21-26H,1,20H2,2-5H3/b19-13-,28-14+. The summed E-state index contributed by atoms with van der Waals surface area (Å²) >= 11 is 0. The van der Waals surface area contributed by atoms with Crippen molar-refractivity contribution < 1.29 is 4.79 Å². The van der Waals surface area contributed by atoms with Crippen molar-refractivity contribution in [3.8, 4) is 0 Å². The first-order valence-electron chi connectivity index (χ1n) is 12.2. The smallest absolute Gasteiger partial charge is 0.166 e. The molecule has 0 aromatic heterocycles. The van der Waals surface area contributed by atoms with Crippen molar-refractivity contribution in [3.63, 3.8) is 0 Å². The van der Waals surface area contributed by atoms with Gasteiger partial charge in [-0.15, -0.1) is 0 Å². The van der Waals surface area contributed by atoms with Gasteiger partial charge in [-0.1, -0.05) is 55.1 Å². The van der Waals surface area contributed by atoms with Crippen LogP contribution in [0.25, 0.3) is 0 Å². The maximum Gasteiger partial charge on any atom is 0.166 e. The van der Waals surface area contributed by atoms with Crippen molar-refractivity contribution in [2.24, 2.45) is 0 Å². The van der Waals surface area contributed by atoms with E-state index in [2.05, 4.69) is 68.3 Å². The highest BCUT2D eigenvalue weighted by molar-refractivity contribution is 5.97. The number of rotatable bonds is 11. The Morgan fingerprint density at radius 2 is 1.31 bits per heavy atom. The normalized spacial score (nSPS) is 11.8. The predicted molar refractivity (Wildman–Crippen MR) is 151 cm³/mol. The molecule has 3 heteroatoms. The second kappa shape index (κ2) is 12.6. The Balaban J connectivity index is 1.74. The van der Waals surface area contributed by atoms with Crippen molar-refractivity contribution >= 4 is 22.8 Å². The van der Waals surface area contributed by atoms with Crippen LogP contribution in [-0.4, -0.2) is 17.9 Å². The van der Waals surface area contributed by atoms with E-state index in [4.69, 9.17) is 0 Å². The van der Waals surface area contributed by atoms with Gasteiger partial charge >= 0.3 is 0 Å². The summed E-state index contributed by atoms with van der Waals surface area (Å²) < 4.78 is 0. The molecule has 0 aliphatic rings. The quantitative estimate of drug-likeness (QED) is 0.210. The summed E-state index contributed by atoms with van der Waals surface area (Å²) in [5.74, 6) is 0.0948. The summed E-state index contributed by atoms with van der Waals surface area (Å²) in [6.45, 7) is 12.5. The van der Waals surface area contributed by atoms with Crippen LogP contribution in [0, 0.1) is 0 Å². The van der Waals surface area contributed by atoms with Gasteiger partial charge in [0, 0.05) is 46.8 Å². The van der Waals surface area contributed by atoms with Crippen LogP contribution in [0.4, 0.5) is 17.1 Å². The molecule has 0 unspecified atom stereocenters. The first-order chi connectivity index (χ1) is 16.9. The van der Waals surface area contributed by atoms with E-state index < -0.39 is 0 Å². The maximum atomic E-state index is 12.9. The number of carbonyl (C=O) groups excluding carboxylic acids is 1. The average molecular weight is 465 g/mol. The van der Waals surface area contributed by atoms with E-state index in [0.29, 0.717) is 18.0 Å². The van der Waals surface area contributed by atoms with Crippen LogP contribution in [0.2, 0.25) is 0 Å². The van der Waals surface area contributed by atoms with Gasteiger partial charge < -0.3 is 9.80 Å². The van der Waals surface area contributed by atoms with E-state index in [9.17, 15) is 4.79 Å². The third-order valence-electron chi connectivity index (χ3n) is 5.73. The fourth-order valence-electron chi connectivity index (χ4n) is 4.22. The van der Waals surface area contributed by atoms with Gasteiger partial charge in [-0.05, 0) is 88.4 Å². The topological polar surface area (TPSA) is 23.6 Å². The van der Waals surface area contributed by atoms with Crippen molar-refractivity contribution in [1.29, 1.82) is 0 Å². The minimum Gasteiger partial charge on any atom is -0.339 e. The molecule has 0 amide bonds. The second-order valence-corrected chi connectivity index (χ2v) is 9.00. The molecule has 0 radical (unpaired) electrons. The number of para-hydroxylation sites is 2. The number of benzene rings is 3. The lowest BCUT2D eigenvalue weighted by Gasteiger charge is -2.30. The lowest BCUT2D eigenvalue weighted by Crippen LogP contribution is -2.29. The number of ketones is 1. The summed E-state index contributed by atoms with van der Waals surface area (Å²) in [7, 11) is 0. The van der Waals surface area contributed by atoms with Crippen LogP contribution >= 0.6 is 0 Å². The van der Waals surface area contributed by atoms with Gasteiger partial charge in [-0.2, -0.15) is 0 Å². The Labute approximate surface area is 210 Å². The van der Waals surface area contributed by atoms with E-state index in [0.717, 1.165) is 22.8 Å². The molecule has 0 aliphatic heterocycles. The zero-order valence-electron chi connectivity index (χ0n) is 21.3. The van der Waals surface area contributed by atoms with Crippen molar-refractivity contribution in [1.82, 2.24) is 0 Å². The molecule has 0 N–H and O–H groups in total. The number of nitrogens with zero attached hydrogens (tertiary/aromatic N) is 2. The zero-order chi connectivity index (χ0) is 25.2. The number of anilines is 3. The van der Waals surface area contributed by atoms with E-state index in [1.165, 1.54) is 0 Å². The van der Waals surface area contributed by atoms with Gasteiger partial charge in [0.05, 0.1) is 0 Å². The zero-order valence-corrected chi connectivity index (χ0v) is 21.3. The second-order valence-electron chi connectivity index (χ2n) is 9.00. The molecule has 0 heterocycles. The van der Waals surface area contributed by atoms with Gasteiger partial charge in [0.2, 0.25) is 0 Å². The molecule has 3 nitrogen and oxygen atoms in total. The third kappa shape index (κ3) is 6.83. The first kappa shape index (κ1) is 25.8. The average Bonchev–Trinajstić information content (AvgIpc) is 2.85. The van der Waals surface area contributed by atoms with E-state index in [-0.39, 0.29) is 11.8 Å². The predicted octanol–water partition coefficient (Wildman–Crippen LogP) is 8.35. The molecule has 3 aromatic carbocycles. The van der Waals surface area contributed by atoms with Crippen LogP contribution in [-0.2, 0) is 0 Å². The Morgan fingerprint density at radius 1 is 0.771 bits per heavy atom. The van der Waals surface area contributed by atoms with Gasteiger partial charge in [0.15, 0.2) is 5.78 Å². The molecular weight excluding hydrogens is 428 g/mol. The summed E-state index contributed by atoms with van der Waals surface area (Å²) in [5.41, 5.74) is 5.03. The molecule has 3 aromatic rings. The highest BCUT2D eigenvalue weighted by atomic mass is 16.1. The summed E-state index contributed by atoms with van der Waals surface area (Å²) in [6.07, 6.45) is 8.05. The number of allylic oxidation sites excluding steroid dienone is 4. The van der Waals surface area contributed by atoms with Crippen LogP contribution in [0.3, 0.4) is 0 Å². The van der Waals surface area contributed by atoms with E-state index >= 15 is 0 Å². The highest BCUT2D eigenvalue weighted by Gasteiger charge is 2.15. The number of hydrogen-bond acceptors (Lipinski definition) is 3. The Kier molecular flexibility index (Phi) is 9.25. The largest absolute Gasteiger partial charge is 0.339 e. The lowest BCUT2D eigenvalue weighted by molar-refractivity contribution is 0.0996. The fraction of sp³-hybridized carbons (Fsp3) is 0.219. The van der Waals surface area contributed by atoms with Crippen LogP contribution in [0.5, 0.6) is 0 Å². The highest BCUT2D eigenvalue weighted by Crippen LogP contribution is 2.28. The molecular formula is C32H36N2O. The summed E-state index contributed by atoms with van der Waals surface area (Å²) in [4.78, 5) is 17.4. The molecule has 0 aliphatic carbocycles. The maximum absolute atomic E-state index is 12.9. The fourth-order valence-corrected chi connectivity index (χ4v) is 4.22. The van der Waals surface area contributed by atoms with Crippen LogP contribution < -0.4 is 9.80 Å². The molecule has 0 atom stereocenters. The van der Waals surface area contributed by atoms with Crippen LogP contribution in [0.15, 0.2) is 122 Å². The lowest BCUT2D eigenvalue weighted by atomic mass is 10.1. The summed E-state index contributed by atoms with van der Waals surface area (Å²) in [6, 6.07) is 29.0. The Bertz CT molecular complexity index is 1140. The molecule has 0 fully saturated rings. The molecule has 3 rings (SSSR count). The number of hydrogen-bond donors (Lipinski definition) is 0. The van der Waals surface area contributed by atoms with Gasteiger partial charge in [0.25, 0.3) is 0 Å². The molecule has 0 spiro atoms. The number of Topliss-reactive ketones (excluding diaryl/α,β-unsaturated/α-hetero) is 1. The molecule has 35 heavy (non-hydrogen) atoms. The number of carbonyl (C=O) groups is 1. The van der Waals surface area contributed by atoms with E-state index in [1.54, 1.807) is 6.08 Å². The van der Waals surface area contributed by atoms with Gasteiger partial charge in [0.1, 0.15) is 0 Å². The monoisotopic (exact) mass is 464 g/mol. The van der Waals surface area contributed by atoms with Crippen molar-refractivity contribution in [2.45, 2.75) is 46.2 Å². The van der Waals surface area contributed by atoms with Gasteiger partial charge in [-0.3, -0.25) is 4.79 Å². The summed E-state index contributed by atoms with van der Waals surface area (Å²) in [5, 5.41) is 0. The third-order valence-corrected chi connectivity index (χ3v) is 5.73. The first-order valence-corrected chi connectivity index (χ1v) is 12.2. The van der Waals surface area contributed by atoms with Crippen molar-refractivity contribution in [2.75, 3.05) is 9.80 Å².